The minimum atomic E-state index is 0.230. The van der Waals surface area contributed by atoms with E-state index in [1.54, 1.807) is 0 Å². The Labute approximate surface area is 66.7 Å². The van der Waals surface area contributed by atoms with Crippen molar-refractivity contribution in [1.82, 2.24) is 0 Å². The summed E-state index contributed by atoms with van der Waals surface area (Å²) in [4.78, 5) is 0. The van der Waals surface area contributed by atoms with Crippen LogP contribution in [-0.2, 0) is 6.42 Å². The Morgan fingerprint density at radius 2 is 2.00 bits per heavy atom. The molecule has 2 nitrogen and oxygen atoms in total. The first-order valence-electron chi connectivity index (χ1n) is 3.79. The maximum atomic E-state index is 8.58. The van der Waals surface area contributed by atoms with Gasteiger partial charge in [-0.2, -0.15) is 0 Å². The predicted molar refractivity (Wildman–Crippen MR) is 46.3 cm³/mol. The number of nitrogen functional groups attached to an aromatic ring is 1. The lowest BCUT2D eigenvalue weighted by atomic mass is 10.1. The van der Waals surface area contributed by atoms with E-state index in [2.05, 4.69) is 0 Å². The molecule has 0 heterocycles. The second kappa shape index (κ2) is 3.98. The Kier molecular flexibility index (Phi) is 2.93. The van der Waals surface area contributed by atoms with Gasteiger partial charge in [-0.1, -0.05) is 18.2 Å². The number of para-hydroxylation sites is 1. The van der Waals surface area contributed by atoms with Crippen LogP contribution in [0.5, 0.6) is 0 Å². The molecule has 1 rings (SSSR count). The number of rotatable bonds is 3. The fourth-order valence-corrected chi connectivity index (χ4v) is 1.03. The zero-order valence-electron chi connectivity index (χ0n) is 6.46. The summed E-state index contributed by atoms with van der Waals surface area (Å²) >= 11 is 0. The van der Waals surface area contributed by atoms with E-state index >= 15 is 0 Å². The second-order valence-electron chi connectivity index (χ2n) is 2.53. The molecule has 0 saturated carbocycles. The first-order chi connectivity index (χ1) is 5.34. The summed E-state index contributed by atoms with van der Waals surface area (Å²) in [6, 6.07) is 7.75. The summed E-state index contributed by atoms with van der Waals surface area (Å²) in [5, 5.41) is 8.58. The van der Waals surface area contributed by atoms with Crippen LogP contribution in [-0.4, -0.2) is 11.7 Å². The average molecular weight is 151 g/mol. The smallest absolute Gasteiger partial charge is 0.0434 e. The van der Waals surface area contributed by atoms with E-state index in [0.29, 0.717) is 0 Å². The highest BCUT2D eigenvalue weighted by Crippen LogP contribution is 2.11. The first-order valence-corrected chi connectivity index (χ1v) is 3.79. The van der Waals surface area contributed by atoms with Gasteiger partial charge in [-0.25, -0.2) is 0 Å². The summed E-state index contributed by atoms with van der Waals surface area (Å²) in [6.07, 6.45) is 1.65. The highest BCUT2D eigenvalue weighted by atomic mass is 16.2. The largest absolute Gasteiger partial charge is 0.399 e. The quantitative estimate of drug-likeness (QED) is 0.637. The molecule has 0 atom stereocenters. The zero-order chi connectivity index (χ0) is 8.10. The molecule has 0 aliphatic carbocycles. The number of aliphatic hydroxyl groups is 1. The van der Waals surface area contributed by atoms with Gasteiger partial charge in [0.2, 0.25) is 0 Å². The fraction of sp³-hybridized carbons (Fsp3) is 0.333. The van der Waals surface area contributed by atoms with E-state index in [1.165, 1.54) is 0 Å². The van der Waals surface area contributed by atoms with Crippen molar-refractivity contribution in [3.63, 3.8) is 0 Å². The molecule has 0 saturated heterocycles. The first kappa shape index (κ1) is 8.08. The molecular formula is C9H13NO. The van der Waals surface area contributed by atoms with Gasteiger partial charge in [0.1, 0.15) is 0 Å². The van der Waals surface area contributed by atoms with Gasteiger partial charge >= 0.3 is 0 Å². The van der Waals surface area contributed by atoms with Crippen LogP contribution in [0.4, 0.5) is 5.69 Å². The molecule has 0 unspecified atom stereocenters. The van der Waals surface area contributed by atoms with E-state index < -0.39 is 0 Å². The molecule has 0 aliphatic heterocycles. The lowest BCUT2D eigenvalue weighted by molar-refractivity contribution is 0.288. The van der Waals surface area contributed by atoms with E-state index in [4.69, 9.17) is 10.8 Å². The highest BCUT2D eigenvalue weighted by molar-refractivity contribution is 5.46. The Bertz CT molecular complexity index is 223. The SMILES string of the molecule is Nc1ccccc1CCCO. The molecule has 11 heavy (non-hydrogen) atoms. The summed E-state index contributed by atoms with van der Waals surface area (Å²) in [7, 11) is 0. The average Bonchev–Trinajstić information content (AvgIpc) is 2.03. The normalized spacial score (nSPS) is 9.91. The van der Waals surface area contributed by atoms with Crippen molar-refractivity contribution in [2.75, 3.05) is 12.3 Å². The molecule has 0 bridgehead atoms. The number of aliphatic hydroxyl groups excluding tert-OH is 1. The molecule has 0 fully saturated rings. The summed E-state index contributed by atoms with van der Waals surface area (Å²) in [6.45, 7) is 0.230. The van der Waals surface area contributed by atoms with Gasteiger partial charge < -0.3 is 10.8 Å². The molecule has 0 spiro atoms. The van der Waals surface area contributed by atoms with E-state index in [1.807, 2.05) is 24.3 Å². The third kappa shape index (κ3) is 2.24. The van der Waals surface area contributed by atoms with Crippen LogP contribution in [0, 0.1) is 0 Å². The van der Waals surface area contributed by atoms with Crippen LogP contribution in [0.25, 0.3) is 0 Å². The number of nitrogens with two attached hydrogens (primary N) is 1. The molecule has 1 aromatic carbocycles. The van der Waals surface area contributed by atoms with Gasteiger partial charge in [0.05, 0.1) is 0 Å². The van der Waals surface area contributed by atoms with Gasteiger partial charge in [-0.05, 0) is 24.5 Å². The molecule has 0 aromatic heterocycles. The van der Waals surface area contributed by atoms with Crippen molar-refractivity contribution in [2.24, 2.45) is 0 Å². The van der Waals surface area contributed by atoms with Crippen molar-refractivity contribution in [3.8, 4) is 0 Å². The van der Waals surface area contributed by atoms with Gasteiger partial charge in [0.15, 0.2) is 0 Å². The molecule has 2 heteroatoms. The minimum Gasteiger partial charge on any atom is -0.399 e. The highest BCUT2D eigenvalue weighted by Gasteiger charge is 1.95. The number of hydrogen-bond donors (Lipinski definition) is 2. The number of aryl methyl sites for hydroxylation is 1. The monoisotopic (exact) mass is 151 g/mol. The molecular weight excluding hydrogens is 138 g/mol. The third-order valence-electron chi connectivity index (χ3n) is 1.66. The van der Waals surface area contributed by atoms with Gasteiger partial charge in [0, 0.05) is 12.3 Å². The fourth-order valence-electron chi connectivity index (χ4n) is 1.03. The van der Waals surface area contributed by atoms with E-state index in [-0.39, 0.29) is 6.61 Å². The summed E-state index contributed by atoms with van der Waals surface area (Å²) in [5.41, 5.74) is 7.63. The maximum Gasteiger partial charge on any atom is 0.0434 e. The molecule has 60 valence electrons. The maximum absolute atomic E-state index is 8.58. The Balaban J connectivity index is 2.62. The topological polar surface area (TPSA) is 46.2 Å². The molecule has 0 aliphatic rings. The zero-order valence-corrected chi connectivity index (χ0v) is 6.46. The number of benzene rings is 1. The van der Waals surface area contributed by atoms with Crippen LogP contribution in [0.2, 0.25) is 0 Å². The summed E-state index contributed by atoms with van der Waals surface area (Å²) in [5.74, 6) is 0. The van der Waals surface area contributed by atoms with Crippen LogP contribution >= 0.6 is 0 Å². The van der Waals surface area contributed by atoms with Crippen molar-refractivity contribution >= 4 is 5.69 Å². The van der Waals surface area contributed by atoms with Crippen molar-refractivity contribution in [1.29, 1.82) is 0 Å². The van der Waals surface area contributed by atoms with E-state index in [0.717, 1.165) is 24.1 Å². The molecule has 0 radical (unpaired) electrons. The third-order valence-corrected chi connectivity index (χ3v) is 1.66. The van der Waals surface area contributed by atoms with Gasteiger partial charge in [-0.3, -0.25) is 0 Å². The van der Waals surface area contributed by atoms with Gasteiger partial charge in [0.25, 0.3) is 0 Å². The Morgan fingerprint density at radius 3 is 2.64 bits per heavy atom. The molecule has 1 aromatic rings. The summed E-state index contributed by atoms with van der Waals surface area (Å²) < 4.78 is 0. The Hall–Kier alpha value is -1.02. The lowest BCUT2D eigenvalue weighted by Gasteiger charge is -2.02. The van der Waals surface area contributed by atoms with Crippen molar-refractivity contribution in [3.05, 3.63) is 29.8 Å². The Morgan fingerprint density at radius 1 is 1.27 bits per heavy atom. The lowest BCUT2D eigenvalue weighted by Crippen LogP contribution is -1.95. The minimum absolute atomic E-state index is 0.230. The van der Waals surface area contributed by atoms with Gasteiger partial charge in [-0.15, -0.1) is 0 Å². The standard InChI is InChI=1S/C9H13NO/c10-9-6-2-1-4-8(9)5-3-7-11/h1-2,4,6,11H,3,5,7,10H2. The van der Waals surface area contributed by atoms with Crippen molar-refractivity contribution < 1.29 is 5.11 Å². The van der Waals surface area contributed by atoms with Crippen molar-refractivity contribution in [2.45, 2.75) is 12.8 Å². The predicted octanol–water partition coefficient (Wildman–Crippen LogP) is 1.19. The molecule has 0 amide bonds. The second-order valence-corrected chi connectivity index (χ2v) is 2.53. The molecule has 3 N–H and O–H groups in total. The van der Waals surface area contributed by atoms with Crippen LogP contribution in [0.3, 0.4) is 0 Å². The van der Waals surface area contributed by atoms with Crippen LogP contribution in [0.15, 0.2) is 24.3 Å². The van der Waals surface area contributed by atoms with Crippen LogP contribution < -0.4 is 5.73 Å². The van der Waals surface area contributed by atoms with E-state index in [9.17, 15) is 0 Å². The van der Waals surface area contributed by atoms with Crippen LogP contribution in [0.1, 0.15) is 12.0 Å². The number of hydrogen-bond acceptors (Lipinski definition) is 2. The number of anilines is 1.